The van der Waals surface area contributed by atoms with E-state index in [2.05, 4.69) is 27.6 Å². The van der Waals surface area contributed by atoms with Crippen LogP contribution in [0, 0.1) is 23.5 Å². The van der Waals surface area contributed by atoms with Gasteiger partial charge in [0.05, 0.1) is 23.4 Å². The highest BCUT2D eigenvalue weighted by Crippen LogP contribution is 2.40. The van der Waals surface area contributed by atoms with Crippen molar-refractivity contribution >= 4 is 29.1 Å². The minimum absolute atomic E-state index is 0.0144. The number of anilines is 1. The van der Waals surface area contributed by atoms with Crippen molar-refractivity contribution in [2.24, 2.45) is 7.05 Å². The molecule has 202 valence electrons. The molecule has 1 atom stereocenters. The Morgan fingerprint density at radius 2 is 1.80 bits per heavy atom. The standard InChI is InChI=1S/C28H16ClF5N4O2/c1-38-13-15(12-35-38)3-2-14-6-21-24(25(37-27(21)40)20-11-18(30)4-5-22(20)29)23(7-14)36-26(39)16-8-17(28(32,33)34)10-19(31)9-16/h4-13,25H,1H3,(H,36,39)(H,37,40). The van der Waals surface area contributed by atoms with Crippen LogP contribution in [0.2, 0.25) is 5.02 Å². The summed E-state index contributed by atoms with van der Waals surface area (Å²) in [7, 11) is 1.70. The number of aryl methyl sites for hydroxylation is 1. The van der Waals surface area contributed by atoms with Gasteiger partial charge in [-0.3, -0.25) is 14.3 Å². The lowest BCUT2D eigenvalue weighted by atomic mass is 9.94. The van der Waals surface area contributed by atoms with E-state index >= 15 is 0 Å². The molecule has 1 aliphatic heterocycles. The number of aromatic nitrogens is 2. The lowest BCUT2D eigenvalue weighted by Gasteiger charge is -2.18. The molecule has 4 aromatic rings. The average Bonchev–Trinajstić information content (AvgIpc) is 3.46. The van der Waals surface area contributed by atoms with Gasteiger partial charge in [-0.1, -0.05) is 23.4 Å². The van der Waals surface area contributed by atoms with Crippen LogP contribution in [0.25, 0.3) is 0 Å². The molecule has 2 heterocycles. The summed E-state index contributed by atoms with van der Waals surface area (Å²) in [5.41, 5.74) is -0.691. The average molecular weight is 571 g/mol. The fourth-order valence-electron chi connectivity index (χ4n) is 4.29. The van der Waals surface area contributed by atoms with Crippen LogP contribution in [0.15, 0.2) is 60.9 Å². The van der Waals surface area contributed by atoms with Crippen LogP contribution in [0.1, 0.15) is 54.6 Å². The van der Waals surface area contributed by atoms with Crippen molar-refractivity contribution in [2.45, 2.75) is 12.2 Å². The summed E-state index contributed by atoms with van der Waals surface area (Å²) < 4.78 is 69.4. The van der Waals surface area contributed by atoms with Crippen LogP contribution < -0.4 is 10.6 Å². The molecule has 5 rings (SSSR count). The quantitative estimate of drug-likeness (QED) is 0.239. The van der Waals surface area contributed by atoms with E-state index in [0.29, 0.717) is 17.7 Å². The molecule has 12 heteroatoms. The van der Waals surface area contributed by atoms with Crippen molar-refractivity contribution < 1.29 is 31.5 Å². The van der Waals surface area contributed by atoms with Gasteiger partial charge < -0.3 is 10.6 Å². The number of carbonyl (C=O) groups excluding carboxylic acids is 2. The largest absolute Gasteiger partial charge is 0.416 e. The van der Waals surface area contributed by atoms with Crippen molar-refractivity contribution in [3.8, 4) is 11.8 Å². The van der Waals surface area contributed by atoms with Crippen molar-refractivity contribution in [1.82, 2.24) is 15.1 Å². The molecule has 1 unspecified atom stereocenters. The third kappa shape index (κ3) is 5.39. The first-order valence-corrected chi connectivity index (χ1v) is 11.9. The molecule has 0 saturated carbocycles. The van der Waals surface area contributed by atoms with Crippen LogP contribution in [0.4, 0.5) is 27.6 Å². The SMILES string of the molecule is Cn1cc(C#Cc2cc(NC(=O)c3cc(F)cc(C(F)(F)F)c3)c3c(c2)C(=O)NC3c2cc(F)ccc2Cl)cn1. The Morgan fingerprint density at radius 1 is 1.05 bits per heavy atom. The number of amides is 2. The van der Waals surface area contributed by atoms with Crippen LogP contribution >= 0.6 is 11.6 Å². The van der Waals surface area contributed by atoms with E-state index in [1.807, 2.05) is 0 Å². The summed E-state index contributed by atoms with van der Waals surface area (Å²) in [6, 6.07) is 6.83. The third-order valence-corrected chi connectivity index (χ3v) is 6.39. The Bertz CT molecular complexity index is 1750. The first-order valence-electron chi connectivity index (χ1n) is 11.5. The van der Waals surface area contributed by atoms with Gasteiger partial charge in [0, 0.05) is 51.8 Å². The Labute approximate surface area is 228 Å². The number of benzene rings is 3. The molecule has 6 nitrogen and oxygen atoms in total. The number of hydrogen-bond donors (Lipinski definition) is 2. The predicted octanol–water partition coefficient (Wildman–Crippen LogP) is 5.86. The highest BCUT2D eigenvalue weighted by molar-refractivity contribution is 6.31. The summed E-state index contributed by atoms with van der Waals surface area (Å²) in [6.45, 7) is 0. The molecule has 2 N–H and O–H groups in total. The summed E-state index contributed by atoms with van der Waals surface area (Å²) in [5, 5.41) is 9.30. The van der Waals surface area contributed by atoms with Gasteiger partial charge in [0.1, 0.15) is 11.6 Å². The summed E-state index contributed by atoms with van der Waals surface area (Å²) in [4.78, 5) is 26.1. The molecule has 2 amide bonds. The van der Waals surface area contributed by atoms with E-state index in [1.54, 1.807) is 13.2 Å². The van der Waals surface area contributed by atoms with Crippen molar-refractivity contribution in [3.05, 3.63) is 117 Å². The number of rotatable bonds is 3. The highest BCUT2D eigenvalue weighted by atomic mass is 35.5. The number of hydrogen-bond acceptors (Lipinski definition) is 3. The lowest BCUT2D eigenvalue weighted by Crippen LogP contribution is -2.21. The Hall–Kier alpha value is -4.69. The molecule has 0 aliphatic carbocycles. The van der Waals surface area contributed by atoms with Gasteiger partial charge >= 0.3 is 6.18 Å². The zero-order chi connectivity index (χ0) is 28.8. The van der Waals surface area contributed by atoms with Gasteiger partial charge in [-0.05, 0) is 48.5 Å². The van der Waals surface area contributed by atoms with Gasteiger partial charge in [0.15, 0.2) is 0 Å². The maximum atomic E-state index is 14.1. The Balaban J connectivity index is 1.63. The van der Waals surface area contributed by atoms with Gasteiger partial charge in [-0.25, -0.2) is 8.78 Å². The molecular weight excluding hydrogens is 555 g/mol. The van der Waals surface area contributed by atoms with Gasteiger partial charge in [-0.2, -0.15) is 18.3 Å². The lowest BCUT2D eigenvalue weighted by molar-refractivity contribution is -0.137. The van der Waals surface area contributed by atoms with Gasteiger partial charge in [0.2, 0.25) is 0 Å². The van der Waals surface area contributed by atoms with Crippen molar-refractivity contribution in [3.63, 3.8) is 0 Å². The fraction of sp³-hybridized carbons (Fsp3) is 0.107. The first kappa shape index (κ1) is 26.9. The summed E-state index contributed by atoms with van der Waals surface area (Å²) in [5.74, 6) is 2.18. The molecule has 3 aromatic carbocycles. The normalized spacial score (nSPS) is 14.3. The molecule has 0 fully saturated rings. The first-order chi connectivity index (χ1) is 18.9. The van der Waals surface area contributed by atoms with Crippen molar-refractivity contribution in [2.75, 3.05) is 5.32 Å². The zero-order valence-electron chi connectivity index (χ0n) is 20.3. The van der Waals surface area contributed by atoms with E-state index in [4.69, 9.17) is 11.6 Å². The van der Waals surface area contributed by atoms with Crippen LogP contribution in [-0.4, -0.2) is 21.6 Å². The van der Waals surface area contributed by atoms with Crippen LogP contribution in [-0.2, 0) is 13.2 Å². The van der Waals surface area contributed by atoms with E-state index in [0.717, 1.165) is 12.1 Å². The zero-order valence-corrected chi connectivity index (χ0v) is 21.1. The molecule has 1 aliphatic rings. The van der Waals surface area contributed by atoms with Crippen molar-refractivity contribution in [1.29, 1.82) is 0 Å². The number of carbonyl (C=O) groups is 2. The molecular formula is C28H16ClF5N4O2. The summed E-state index contributed by atoms with van der Waals surface area (Å²) in [6.07, 6.45) is -1.73. The van der Waals surface area contributed by atoms with E-state index in [1.165, 1.54) is 29.1 Å². The molecule has 1 aromatic heterocycles. The monoisotopic (exact) mass is 570 g/mol. The van der Waals surface area contributed by atoms with Crippen LogP contribution in [0.3, 0.4) is 0 Å². The number of fused-ring (bicyclic) bond motifs is 1. The maximum Gasteiger partial charge on any atom is 0.416 e. The second-order valence-corrected chi connectivity index (χ2v) is 9.30. The number of nitrogens with zero attached hydrogens (tertiary/aromatic N) is 2. The molecule has 0 spiro atoms. The van der Waals surface area contributed by atoms with Gasteiger partial charge in [0.25, 0.3) is 11.8 Å². The molecule has 0 saturated heterocycles. The number of nitrogens with one attached hydrogen (secondary N) is 2. The van der Waals surface area contributed by atoms with Crippen LogP contribution in [0.5, 0.6) is 0 Å². The minimum atomic E-state index is -4.89. The molecule has 40 heavy (non-hydrogen) atoms. The third-order valence-electron chi connectivity index (χ3n) is 6.05. The predicted molar refractivity (Wildman–Crippen MR) is 136 cm³/mol. The van der Waals surface area contributed by atoms with E-state index in [-0.39, 0.29) is 39.0 Å². The van der Waals surface area contributed by atoms with E-state index in [9.17, 15) is 31.5 Å². The second kappa shape index (κ2) is 10.1. The number of halogens is 6. The fourth-order valence-corrected chi connectivity index (χ4v) is 4.51. The van der Waals surface area contributed by atoms with E-state index < -0.39 is 46.8 Å². The topological polar surface area (TPSA) is 76.0 Å². The number of alkyl halides is 3. The summed E-state index contributed by atoms with van der Waals surface area (Å²) >= 11 is 6.29. The molecule has 0 bridgehead atoms. The molecule has 0 radical (unpaired) electrons. The van der Waals surface area contributed by atoms with Gasteiger partial charge in [-0.15, -0.1) is 0 Å². The Kier molecular flexibility index (Phi) is 6.81. The Morgan fingerprint density at radius 3 is 2.50 bits per heavy atom. The maximum absolute atomic E-state index is 14.1. The minimum Gasteiger partial charge on any atom is -0.341 e. The smallest absolute Gasteiger partial charge is 0.341 e. The highest BCUT2D eigenvalue weighted by Gasteiger charge is 2.35. The second-order valence-electron chi connectivity index (χ2n) is 8.89.